The smallest absolute Gasteiger partial charge is 0.127 e. The Labute approximate surface area is 114 Å². The third-order valence-corrected chi connectivity index (χ3v) is 3.26. The zero-order valence-electron chi connectivity index (χ0n) is 11.6. The standard InChI is InChI=1S/C14H22N2O3/c1-16-5-6-18-13(9-16)10-19-14-7-12(17-2)4-3-11(14)8-15/h3-4,7,13H,5-6,8-10,15H2,1-2H3. The fourth-order valence-electron chi connectivity index (χ4n) is 2.12. The average molecular weight is 266 g/mol. The molecule has 1 aromatic carbocycles. The first kappa shape index (κ1) is 14.1. The second kappa shape index (κ2) is 6.75. The Bertz CT molecular complexity index is 412. The number of ether oxygens (including phenoxy) is 3. The van der Waals surface area contributed by atoms with Crippen LogP contribution in [0.2, 0.25) is 0 Å². The maximum absolute atomic E-state index is 5.85. The predicted octanol–water partition coefficient (Wildman–Crippen LogP) is 0.863. The molecule has 1 aliphatic rings. The van der Waals surface area contributed by atoms with Gasteiger partial charge in [-0.15, -0.1) is 0 Å². The lowest BCUT2D eigenvalue weighted by molar-refractivity contribution is -0.0404. The van der Waals surface area contributed by atoms with Crippen molar-refractivity contribution in [2.24, 2.45) is 5.73 Å². The molecule has 0 amide bonds. The third-order valence-electron chi connectivity index (χ3n) is 3.26. The number of nitrogens with two attached hydrogens (primary N) is 1. The van der Waals surface area contributed by atoms with Gasteiger partial charge in [0.2, 0.25) is 0 Å². The van der Waals surface area contributed by atoms with Crippen molar-refractivity contribution in [1.82, 2.24) is 4.90 Å². The minimum Gasteiger partial charge on any atom is -0.497 e. The van der Waals surface area contributed by atoms with Crippen LogP contribution >= 0.6 is 0 Å². The SMILES string of the molecule is COc1ccc(CN)c(OCC2CN(C)CCO2)c1. The third kappa shape index (κ3) is 3.83. The molecule has 1 unspecified atom stereocenters. The molecule has 1 heterocycles. The molecule has 106 valence electrons. The van der Waals surface area contributed by atoms with Crippen molar-refractivity contribution in [3.05, 3.63) is 23.8 Å². The lowest BCUT2D eigenvalue weighted by Crippen LogP contribution is -2.42. The average Bonchev–Trinajstić information content (AvgIpc) is 2.45. The van der Waals surface area contributed by atoms with Gasteiger partial charge in [0.05, 0.1) is 13.7 Å². The Balaban J connectivity index is 1.97. The summed E-state index contributed by atoms with van der Waals surface area (Å²) in [5.74, 6) is 1.55. The molecule has 2 rings (SSSR count). The van der Waals surface area contributed by atoms with Crippen LogP contribution < -0.4 is 15.2 Å². The second-order valence-corrected chi connectivity index (χ2v) is 4.74. The molecule has 5 heteroatoms. The molecule has 19 heavy (non-hydrogen) atoms. The summed E-state index contributed by atoms with van der Waals surface area (Å²) in [6.07, 6.45) is 0.107. The van der Waals surface area contributed by atoms with Gasteiger partial charge in [0, 0.05) is 31.3 Å². The van der Waals surface area contributed by atoms with Crippen LogP contribution in [0.3, 0.4) is 0 Å². The minimum atomic E-state index is 0.107. The Kier molecular flexibility index (Phi) is 5.01. The van der Waals surface area contributed by atoms with Crippen LogP contribution in [-0.2, 0) is 11.3 Å². The van der Waals surface area contributed by atoms with Gasteiger partial charge in [0.1, 0.15) is 24.2 Å². The molecule has 2 N–H and O–H groups in total. The normalized spacial score (nSPS) is 20.3. The minimum absolute atomic E-state index is 0.107. The molecule has 5 nitrogen and oxygen atoms in total. The largest absolute Gasteiger partial charge is 0.497 e. The van der Waals surface area contributed by atoms with Crippen LogP contribution in [0.5, 0.6) is 11.5 Å². The Morgan fingerprint density at radius 3 is 3.00 bits per heavy atom. The summed E-state index contributed by atoms with van der Waals surface area (Å²) in [6.45, 7) is 3.60. The number of methoxy groups -OCH3 is 1. The van der Waals surface area contributed by atoms with Crippen molar-refractivity contribution in [2.45, 2.75) is 12.6 Å². The van der Waals surface area contributed by atoms with Crippen molar-refractivity contribution in [3.8, 4) is 11.5 Å². The lowest BCUT2D eigenvalue weighted by Gasteiger charge is -2.30. The van der Waals surface area contributed by atoms with E-state index in [2.05, 4.69) is 11.9 Å². The number of nitrogens with zero attached hydrogens (tertiary/aromatic N) is 1. The van der Waals surface area contributed by atoms with Gasteiger partial charge in [-0.1, -0.05) is 6.07 Å². The Morgan fingerprint density at radius 1 is 1.47 bits per heavy atom. The van der Waals surface area contributed by atoms with Crippen molar-refractivity contribution in [2.75, 3.05) is 40.5 Å². The van der Waals surface area contributed by atoms with E-state index in [1.54, 1.807) is 7.11 Å². The van der Waals surface area contributed by atoms with E-state index >= 15 is 0 Å². The van der Waals surface area contributed by atoms with Gasteiger partial charge in [-0.3, -0.25) is 0 Å². The van der Waals surface area contributed by atoms with E-state index in [0.29, 0.717) is 13.2 Å². The van der Waals surface area contributed by atoms with E-state index < -0.39 is 0 Å². The van der Waals surface area contributed by atoms with Crippen molar-refractivity contribution in [1.29, 1.82) is 0 Å². The van der Waals surface area contributed by atoms with E-state index in [0.717, 1.165) is 36.8 Å². The lowest BCUT2D eigenvalue weighted by atomic mass is 10.2. The van der Waals surface area contributed by atoms with Gasteiger partial charge in [-0.05, 0) is 13.1 Å². The van der Waals surface area contributed by atoms with Gasteiger partial charge in [0.15, 0.2) is 0 Å². The molecule has 0 spiro atoms. The first-order valence-corrected chi connectivity index (χ1v) is 6.53. The summed E-state index contributed by atoms with van der Waals surface area (Å²) >= 11 is 0. The quantitative estimate of drug-likeness (QED) is 0.857. The molecule has 1 saturated heterocycles. The Hall–Kier alpha value is -1.30. The molecule has 1 atom stereocenters. The monoisotopic (exact) mass is 266 g/mol. The van der Waals surface area contributed by atoms with E-state index in [1.165, 1.54) is 0 Å². The molecule has 1 aromatic rings. The molecular formula is C14H22N2O3. The van der Waals surface area contributed by atoms with Crippen LogP contribution in [-0.4, -0.2) is 51.5 Å². The predicted molar refractivity (Wildman–Crippen MR) is 73.6 cm³/mol. The molecule has 0 bridgehead atoms. The molecule has 0 aliphatic carbocycles. The fourth-order valence-corrected chi connectivity index (χ4v) is 2.12. The molecule has 1 fully saturated rings. The van der Waals surface area contributed by atoms with E-state index in [1.807, 2.05) is 18.2 Å². The van der Waals surface area contributed by atoms with Gasteiger partial charge in [-0.25, -0.2) is 0 Å². The molecule has 1 aliphatic heterocycles. The maximum atomic E-state index is 5.85. The van der Waals surface area contributed by atoms with Gasteiger partial charge in [-0.2, -0.15) is 0 Å². The van der Waals surface area contributed by atoms with E-state index in [4.69, 9.17) is 19.9 Å². The number of likely N-dealkylation sites (N-methyl/N-ethyl adjacent to an activating group) is 1. The van der Waals surface area contributed by atoms with Gasteiger partial charge >= 0.3 is 0 Å². The van der Waals surface area contributed by atoms with Crippen LogP contribution in [0.1, 0.15) is 5.56 Å². The van der Waals surface area contributed by atoms with Crippen molar-refractivity contribution < 1.29 is 14.2 Å². The highest BCUT2D eigenvalue weighted by atomic mass is 16.5. The summed E-state index contributed by atoms with van der Waals surface area (Å²) in [7, 11) is 3.73. The first-order chi connectivity index (χ1) is 9.22. The van der Waals surface area contributed by atoms with Crippen LogP contribution in [0, 0.1) is 0 Å². The number of hydrogen-bond acceptors (Lipinski definition) is 5. The van der Waals surface area contributed by atoms with Crippen LogP contribution in [0.15, 0.2) is 18.2 Å². The summed E-state index contributed by atoms with van der Waals surface area (Å²) in [5.41, 5.74) is 6.69. The molecule has 0 aromatic heterocycles. The van der Waals surface area contributed by atoms with Crippen molar-refractivity contribution in [3.63, 3.8) is 0 Å². The fraction of sp³-hybridized carbons (Fsp3) is 0.571. The summed E-state index contributed by atoms with van der Waals surface area (Å²) in [4.78, 5) is 2.24. The first-order valence-electron chi connectivity index (χ1n) is 6.53. The summed E-state index contributed by atoms with van der Waals surface area (Å²) in [6, 6.07) is 5.69. The zero-order chi connectivity index (χ0) is 13.7. The van der Waals surface area contributed by atoms with Crippen LogP contribution in [0.4, 0.5) is 0 Å². The topological polar surface area (TPSA) is 57.0 Å². The summed E-state index contributed by atoms with van der Waals surface area (Å²) in [5, 5.41) is 0. The highest BCUT2D eigenvalue weighted by Crippen LogP contribution is 2.25. The van der Waals surface area contributed by atoms with Crippen molar-refractivity contribution >= 4 is 0 Å². The van der Waals surface area contributed by atoms with E-state index in [9.17, 15) is 0 Å². The molecule has 0 saturated carbocycles. The molecule has 0 radical (unpaired) electrons. The number of rotatable bonds is 5. The zero-order valence-corrected chi connectivity index (χ0v) is 11.6. The highest BCUT2D eigenvalue weighted by Gasteiger charge is 2.18. The molecular weight excluding hydrogens is 244 g/mol. The van der Waals surface area contributed by atoms with E-state index in [-0.39, 0.29) is 6.10 Å². The van der Waals surface area contributed by atoms with Gasteiger partial charge in [0.25, 0.3) is 0 Å². The number of benzene rings is 1. The number of morpholine rings is 1. The Morgan fingerprint density at radius 2 is 2.32 bits per heavy atom. The van der Waals surface area contributed by atoms with Crippen LogP contribution in [0.25, 0.3) is 0 Å². The number of hydrogen-bond donors (Lipinski definition) is 1. The summed E-state index contributed by atoms with van der Waals surface area (Å²) < 4.78 is 16.7. The maximum Gasteiger partial charge on any atom is 0.127 e. The second-order valence-electron chi connectivity index (χ2n) is 4.74. The van der Waals surface area contributed by atoms with Gasteiger partial charge < -0.3 is 24.8 Å². The highest BCUT2D eigenvalue weighted by molar-refractivity contribution is 5.40.